The van der Waals surface area contributed by atoms with Gasteiger partial charge in [0.2, 0.25) is 0 Å². The number of aromatic nitrogens is 2. The molecule has 0 fully saturated rings. The molecule has 0 aliphatic heterocycles. The number of carbonyl (C=O) groups excluding carboxylic acids is 1. The number of methoxy groups -OCH3 is 1. The van der Waals surface area contributed by atoms with Gasteiger partial charge in [-0.25, -0.2) is 4.79 Å². The van der Waals surface area contributed by atoms with Crippen LogP contribution in [-0.2, 0) is 11.3 Å². The van der Waals surface area contributed by atoms with Gasteiger partial charge in [0.05, 0.1) is 25.4 Å². The second-order valence-electron chi connectivity index (χ2n) is 2.27. The number of carbonyl (C=O) groups is 1. The number of halogens is 1. The van der Waals surface area contributed by atoms with Crippen molar-refractivity contribution in [2.75, 3.05) is 13.7 Å². The van der Waals surface area contributed by atoms with Crippen LogP contribution < -0.4 is 5.73 Å². The summed E-state index contributed by atoms with van der Waals surface area (Å²) in [7, 11) is 1.34. The van der Waals surface area contributed by atoms with Crippen molar-refractivity contribution in [3.8, 4) is 0 Å². The molecule has 1 aromatic rings. The van der Waals surface area contributed by atoms with Crippen LogP contribution in [0.4, 0.5) is 0 Å². The summed E-state index contributed by atoms with van der Waals surface area (Å²) in [5.74, 6) is -0.377. The van der Waals surface area contributed by atoms with Gasteiger partial charge in [0, 0.05) is 12.7 Å². The Morgan fingerprint density at radius 2 is 2.46 bits per heavy atom. The molecular weight excluding hydrogens is 194 g/mol. The summed E-state index contributed by atoms with van der Waals surface area (Å²) < 4.78 is 6.11. The zero-order valence-electron chi connectivity index (χ0n) is 7.27. The molecule has 0 saturated carbocycles. The number of esters is 1. The van der Waals surface area contributed by atoms with Crippen molar-refractivity contribution in [2.45, 2.75) is 6.54 Å². The lowest BCUT2D eigenvalue weighted by Gasteiger charge is -1.95. The van der Waals surface area contributed by atoms with E-state index in [2.05, 4.69) is 9.84 Å². The number of nitrogens with zero attached hydrogens (tertiary/aromatic N) is 2. The molecule has 0 saturated heterocycles. The Labute approximate surface area is 82.3 Å². The van der Waals surface area contributed by atoms with Crippen LogP contribution in [0.3, 0.4) is 0 Å². The molecule has 0 atom stereocenters. The smallest absolute Gasteiger partial charge is 0.341 e. The number of ether oxygens (including phenoxy) is 1. The topological polar surface area (TPSA) is 70.1 Å². The number of nitrogens with two attached hydrogens (primary N) is 1. The molecule has 0 aromatic carbocycles. The summed E-state index contributed by atoms with van der Waals surface area (Å²) in [4.78, 5) is 10.9. The summed E-state index contributed by atoms with van der Waals surface area (Å²) in [6, 6.07) is 0. The normalized spacial score (nSPS) is 9.08. The van der Waals surface area contributed by atoms with Crippen molar-refractivity contribution >= 4 is 18.4 Å². The van der Waals surface area contributed by atoms with Crippen LogP contribution in [0.5, 0.6) is 0 Å². The highest BCUT2D eigenvalue weighted by Crippen LogP contribution is 1.98. The zero-order valence-corrected chi connectivity index (χ0v) is 8.08. The zero-order chi connectivity index (χ0) is 8.97. The highest BCUT2D eigenvalue weighted by Gasteiger charge is 2.06. The van der Waals surface area contributed by atoms with Crippen LogP contribution in [0, 0.1) is 0 Å². The van der Waals surface area contributed by atoms with E-state index in [1.807, 2.05) is 0 Å². The largest absolute Gasteiger partial charge is 0.465 e. The van der Waals surface area contributed by atoms with Crippen LogP contribution in [0.15, 0.2) is 12.4 Å². The molecular formula is C7H12ClN3O2. The Hall–Kier alpha value is -1.07. The molecule has 5 nitrogen and oxygen atoms in total. The fourth-order valence-corrected chi connectivity index (χ4v) is 0.841. The van der Waals surface area contributed by atoms with E-state index in [1.54, 1.807) is 10.9 Å². The van der Waals surface area contributed by atoms with E-state index in [0.29, 0.717) is 18.7 Å². The highest BCUT2D eigenvalue weighted by molar-refractivity contribution is 5.88. The predicted molar refractivity (Wildman–Crippen MR) is 49.9 cm³/mol. The lowest BCUT2D eigenvalue weighted by molar-refractivity contribution is 0.0600. The molecule has 0 aliphatic rings. The molecule has 1 rings (SSSR count). The van der Waals surface area contributed by atoms with E-state index in [9.17, 15) is 4.79 Å². The number of hydrogen-bond acceptors (Lipinski definition) is 4. The first-order valence-corrected chi connectivity index (χ1v) is 3.58. The van der Waals surface area contributed by atoms with Gasteiger partial charge in [-0.3, -0.25) is 4.68 Å². The molecule has 2 N–H and O–H groups in total. The molecule has 0 aliphatic carbocycles. The maximum Gasteiger partial charge on any atom is 0.341 e. The average molecular weight is 206 g/mol. The molecule has 1 heterocycles. The van der Waals surface area contributed by atoms with Gasteiger partial charge in [-0.15, -0.1) is 12.4 Å². The first-order valence-electron chi connectivity index (χ1n) is 3.58. The average Bonchev–Trinajstić information content (AvgIpc) is 2.52. The van der Waals surface area contributed by atoms with Gasteiger partial charge >= 0.3 is 5.97 Å². The fraction of sp³-hybridized carbons (Fsp3) is 0.429. The monoisotopic (exact) mass is 205 g/mol. The summed E-state index contributed by atoms with van der Waals surface area (Å²) >= 11 is 0. The Morgan fingerprint density at radius 1 is 1.77 bits per heavy atom. The summed E-state index contributed by atoms with van der Waals surface area (Å²) in [5.41, 5.74) is 5.75. The summed E-state index contributed by atoms with van der Waals surface area (Å²) in [6.07, 6.45) is 3.07. The molecule has 0 amide bonds. The van der Waals surface area contributed by atoms with E-state index < -0.39 is 0 Å². The van der Waals surface area contributed by atoms with Gasteiger partial charge in [-0.05, 0) is 0 Å². The quantitative estimate of drug-likeness (QED) is 0.708. The molecule has 74 valence electrons. The minimum atomic E-state index is -0.377. The van der Waals surface area contributed by atoms with Crippen LogP contribution >= 0.6 is 12.4 Å². The summed E-state index contributed by atoms with van der Waals surface area (Å²) in [5, 5.41) is 3.91. The molecule has 0 radical (unpaired) electrons. The molecule has 0 bridgehead atoms. The van der Waals surface area contributed by atoms with Crippen molar-refractivity contribution in [1.82, 2.24) is 9.78 Å². The van der Waals surface area contributed by atoms with E-state index in [-0.39, 0.29) is 18.4 Å². The molecule has 1 aromatic heterocycles. The van der Waals surface area contributed by atoms with E-state index >= 15 is 0 Å². The second-order valence-corrected chi connectivity index (χ2v) is 2.27. The van der Waals surface area contributed by atoms with Gasteiger partial charge in [0.25, 0.3) is 0 Å². The predicted octanol–water partition coefficient (Wildman–Crippen LogP) is 0.0502. The second kappa shape index (κ2) is 5.55. The van der Waals surface area contributed by atoms with Crippen molar-refractivity contribution in [3.63, 3.8) is 0 Å². The minimum Gasteiger partial charge on any atom is -0.465 e. The third-order valence-corrected chi connectivity index (χ3v) is 1.41. The first-order chi connectivity index (χ1) is 5.77. The van der Waals surface area contributed by atoms with Gasteiger partial charge < -0.3 is 10.5 Å². The Morgan fingerprint density at radius 3 is 3.00 bits per heavy atom. The maximum atomic E-state index is 10.9. The Balaban J connectivity index is 0.00000144. The van der Waals surface area contributed by atoms with Crippen LogP contribution in [-0.4, -0.2) is 29.4 Å². The van der Waals surface area contributed by atoms with Crippen molar-refractivity contribution < 1.29 is 9.53 Å². The van der Waals surface area contributed by atoms with Crippen LogP contribution in [0.1, 0.15) is 10.4 Å². The fourth-order valence-electron chi connectivity index (χ4n) is 0.841. The van der Waals surface area contributed by atoms with Gasteiger partial charge in [-0.1, -0.05) is 0 Å². The molecule has 0 unspecified atom stereocenters. The SMILES string of the molecule is COC(=O)c1cnn(CCN)c1.Cl. The third kappa shape index (κ3) is 3.04. The molecule has 0 spiro atoms. The number of rotatable bonds is 3. The minimum absolute atomic E-state index is 0. The van der Waals surface area contributed by atoms with Crippen LogP contribution in [0.25, 0.3) is 0 Å². The maximum absolute atomic E-state index is 10.9. The number of hydrogen-bond donors (Lipinski definition) is 1. The van der Waals surface area contributed by atoms with Gasteiger partial charge in [0.1, 0.15) is 0 Å². The lowest BCUT2D eigenvalue weighted by Crippen LogP contribution is -2.10. The van der Waals surface area contributed by atoms with E-state index in [4.69, 9.17) is 5.73 Å². The van der Waals surface area contributed by atoms with E-state index in [1.165, 1.54) is 13.3 Å². The van der Waals surface area contributed by atoms with Crippen molar-refractivity contribution in [1.29, 1.82) is 0 Å². The highest BCUT2D eigenvalue weighted by atomic mass is 35.5. The third-order valence-electron chi connectivity index (χ3n) is 1.41. The van der Waals surface area contributed by atoms with Gasteiger partial charge in [-0.2, -0.15) is 5.10 Å². The first kappa shape index (κ1) is 11.9. The lowest BCUT2D eigenvalue weighted by atomic mass is 10.4. The molecule has 6 heteroatoms. The van der Waals surface area contributed by atoms with E-state index in [0.717, 1.165) is 0 Å². The Bertz CT molecular complexity index is 274. The molecule has 13 heavy (non-hydrogen) atoms. The Kier molecular flexibility index (Phi) is 5.10. The standard InChI is InChI=1S/C7H11N3O2.ClH/c1-12-7(11)6-4-9-10(5-6)3-2-8;/h4-5H,2-3,8H2,1H3;1H. The van der Waals surface area contributed by atoms with Crippen LogP contribution in [0.2, 0.25) is 0 Å². The summed E-state index contributed by atoms with van der Waals surface area (Å²) in [6.45, 7) is 1.11. The van der Waals surface area contributed by atoms with Gasteiger partial charge in [0.15, 0.2) is 0 Å². The van der Waals surface area contributed by atoms with Crippen molar-refractivity contribution in [2.24, 2.45) is 5.73 Å². The van der Waals surface area contributed by atoms with Crippen molar-refractivity contribution in [3.05, 3.63) is 18.0 Å².